The fourth-order valence-corrected chi connectivity index (χ4v) is 10.2. The molecule has 5 rings (SSSR count). The van der Waals surface area contributed by atoms with Gasteiger partial charge < -0.3 is 0 Å². The summed E-state index contributed by atoms with van der Waals surface area (Å²) in [6.45, 7) is 0. The van der Waals surface area contributed by atoms with Crippen LogP contribution in [0.5, 0.6) is 0 Å². The van der Waals surface area contributed by atoms with E-state index in [-0.39, 0.29) is 7.92 Å². The molecule has 2 aliphatic rings. The van der Waals surface area contributed by atoms with Crippen LogP contribution in [0.1, 0.15) is 80.9 Å². The maximum absolute atomic E-state index is 2.39. The standard InChI is InChI=1S/C32H37P/c1-6-16-26(17-7-1)31(27-18-8-2-9-19-27)32(28-20-10-3-11-21-28)33(29-22-12-4-13-23-29)30-24-14-5-15-25-30/h1-3,6-11,16-21,29-30H,4-5,12-15,22-25H2. The Labute approximate surface area is 201 Å². The highest BCUT2D eigenvalue weighted by molar-refractivity contribution is 7.70. The molecule has 0 radical (unpaired) electrons. The zero-order valence-corrected chi connectivity index (χ0v) is 20.7. The van der Waals surface area contributed by atoms with Gasteiger partial charge in [-0.1, -0.05) is 137 Å². The Morgan fingerprint density at radius 2 is 0.818 bits per heavy atom. The van der Waals surface area contributed by atoms with E-state index in [9.17, 15) is 0 Å². The molecule has 0 saturated heterocycles. The van der Waals surface area contributed by atoms with Gasteiger partial charge in [0.15, 0.2) is 0 Å². The Balaban J connectivity index is 1.77. The minimum Gasteiger partial charge on any atom is -0.0676 e. The quantitative estimate of drug-likeness (QED) is 0.258. The van der Waals surface area contributed by atoms with Crippen molar-refractivity contribution in [1.29, 1.82) is 0 Å². The van der Waals surface area contributed by atoms with E-state index >= 15 is 0 Å². The number of hydrogen-bond acceptors (Lipinski definition) is 0. The van der Waals surface area contributed by atoms with Crippen LogP contribution in [0.4, 0.5) is 0 Å². The first kappa shape index (κ1) is 22.6. The predicted molar refractivity (Wildman–Crippen MR) is 146 cm³/mol. The topological polar surface area (TPSA) is 0 Å². The Morgan fingerprint density at radius 3 is 1.21 bits per heavy atom. The zero-order valence-electron chi connectivity index (χ0n) is 19.8. The van der Waals surface area contributed by atoms with Crippen molar-refractivity contribution in [3.05, 3.63) is 108 Å². The first-order valence-corrected chi connectivity index (χ1v) is 14.6. The SMILES string of the molecule is c1ccc(C(=C(c2ccccc2)P(C2CCCCC2)C2CCCCC2)c2ccccc2)cc1. The van der Waals surface area contributed by atoms with Gasteiger partial charge in [-0.3, -0.25) is 0 Å². The number of hydrogen-bond donors (Lipinski definition) is 0. The third kappa shape index (κ3) is 5.33. The summed E-state index contributed by atoms with van der Waals surface area (Å²) in [7, 11) is -0.244. The van der Waals surface area contributed by atoms with E-state index in [0.717, 1.165) is 11.3 Å². The van der Waals surface area contributed by atoms with Crippen molar-refractivity contribution in [1.82, 2.24) is 0 Å². The molecule has 0 aliphatic heterocycles. The summed E-state index contributed by atoms with van der Waals surface area (Å²) >= 11 is 0. The minimum absolute atomic E-state index is 0.244. The van der Waals surface area contributed by atoms with Crippen molar-refractivity contribution in [3.63, 3.8) is 0 Å². The first-order valence-electron chi connectivity index (χ1n) is 13.1. The van der Waals surface area contributed by atoms with Crippen LogP contribution in [-0.4, -0.2) is 11.3 Å². The third-order valence-electron chi connectivity index (χ3n) is 7.60. The normalized spacial score (nSPS) is 17.7. The largest absolute Gasteiger partial charge is 0.0676 e. The van der Waals surface area contributed by atoms with Gasteiger partial charge in [-0.25, -0.2) is 0 Å². The van der Waals surface area contributed by atoms with Gasteiger partial charge >= 0.3 is 0 Å². The maximum atomic E-state index is 2.39. The number of rotatable bonds is 6. The Hall–Kier alpha value is -2.17. The van der Waals surface area contributed by atoms with E-state index < -0.39 is 0 Å². The average molecular weight is 453 g/mol. The molecule has 2 fully saturated rings. The van der Waals surface area contributed by atoms with E-state index in [1.165, 1.54) is 86.5 Å². The lowest BCUT2D eigenvalue weighted by Crippen LogP contribution is -2.21. The molecule has 3 aromatic carbocycles. The average Bonchev–Trinajstić information content (AvgIpc) is 2.91. The molecular formula is C32H37P. The molecule has 0 nitrogen and oxygen atoms in total. The van der Waals surface area contributed by atoms with Gasteiger partial charge in [-0.05, 0) is 64.6 Å². The minimum atomic E-state index is -0.244. The Kier molecular flexibility index (Phi) is 7.75. The van der Waals surface area contributed by atoms with Crippen LogP contribution < -0.4 is 0 Å². The molecule has 1 heteroatoms. The number of benzene rings is 3. The summed E-state index contributed by atoms with van der Waals surface area (Å²) in [6.07, 6.45) is 14.2. The molecule has 0 atom stereocenters. The summed E-state index contributed by atoms with van der Waals surface area (Å²) < 4.78 is 0. The second-order valence-electron chi connectivity index (χ2n) is 9.81. The van der Waals surface area contributed by atoms with E-state index in [4.69, 9.17) is 0 Å². The van der Waals surface area contributed by atoms with E-state index in [0.29, 0.717) is 0 Å². The maximum Gasteiger partial charge on any atom is -0.00282 e. The molecule has 3 aromatic rings. The lowest BCUT2D eigenvalue weighted by atomic mass is 9.95. The van der Waals surface area contributed by atoms with Crippen molar-refractivity contribution in [2.75, 3.05) is 0 Å². The Morgan fingerprint density at radius 1 is 0.455 bits per heavy atom. The van der Waals surface area contributed by atoms with Crippen LogP contribution in [0.25, 0.3) is 10.9 Å². The van der Waals surface area contributed by atoms with Gasteiger partial charge in [0.1, 0.15) is 0 Å². The lowest BCUT2D eigenvalue weighted by Gasteiger charge is -2.41. The second kappa shape index (κ2) is 11.3. The smallest absolute Gasteiger partial charge is 0.00282 e. The molecule has 0 heterocycles. The molecule has 0 aromatic heterocycles. The van der Waals surface area contributed by atoms with Crippen molar-refractivity contribution in [2.45, 2.75) is 75.5 Å². The highest BCUT2D eigenvalue weighted by Crippen LogP contribution is 2.66. The molecular weight excluding hydrogens is 415 g/mol. The van der Waals surface area contributed by atoms with Gasteiger partial charge in [0.05, 0.1) is 0 Å². The molecule has 170 valence electrons. The molecule has 0 N–H and O–H groups in total. The molecule has 0 amide bonds. The highest BCUT2D eigenvalue weighted by Gasteiger charge is 2.36. The van der Waals surface area contributed by atoms with E-state index in [1.807, 2.05) is 0 Å². The van der Waals surface area contributed by atoms with Crippen molar-refractivity contribution in [3.8, 4) is 0 Å². The molecule has 2 aliphatic carbocycles. The molecule has 0 spiro atoms. The molecule has 0 unspecified atom stereocenters. The summed E-state index contributed by atoms with van der Waals surface area (Å²) in [5.41, 5.74) is 7.44. The van der Waals surface area contributed by atoms with Gasteiger partial charge in [-0.15, -0.1) is 0 Å². The van der Waals surface area contributed by atoms with Crippen LogP contribution in [-0.2, 0) is 0 Å². The van der Waals surface area contributed by atoms with Gasteiger partial charge in [0, 0.05) is 0 Å². The summed E-state index contributed by atoms with van der Waals surface area (Å²) in [5.74, 6) is 0. The fourth-order valence-electron chi connectivity index (χ4n) is 6.05. The van der Waals surface area contributed by atoms with Crippen LogP contribution in [0.3, 0.4) is 0 Å². The van der Waals surface area contributed by atoms with E-state index in [1.54, 1.807) is 5.31 Å². The van der Waals surface area contributed by atoms with Gasteiger partial charge in [-0.2, -0.15) is 0 Å². The summed E-state index contributed by atoms with van der Waals surface area (Å²) in [4.78, 5) is 0. The second-order valence-corrected chi connectivity index (χ2v) is 12.5. The third-order valence-corrected chi connectivity index (χ3v) is 11.2. The summed E-state index contributed by atoms with van der Waals surface area (Å²) in [5, 5.41) is 1.68. The fraction of sp³-hybridized carbons (Fsp3) is 0.375. The van der Waals surface area contributed by atoms with Crippen molar-refractivity contribution < 1.29 is 0 Å². The van der Waals surface area contributed by atoms with Crippen molar-refractivity contribution >= 4 is 18.8 Å². The van der Waals surface area contributed by atoms with Crippen LogP contribution >= 0.6 is 7.92 Å². The van der Waals surface area contributed by atoms with Crippen molar-refractivity contribution in [2.24, 2.45) is 0 Å². The van der Waals surface area contributed by atoms with Crippen LogP contribution in [0, 0.1) is 0 Å². The van der Waals surface area contributed by atoms with Gasteiger partial charge in [0.2, 0.25) is 0 Å². The predicted octanol–water partition coefficient (Wildman–Crippen LogP) is 9.75. The van der Waals surface area contributed by atoms with E-state index in [2.05, 4.69) is 91.0 Å². The zero-order chi connectivity index (χ0) is 22.3. The van der Waals surface area contributed by atoms with Crippen LogP contribution in [0.2, 0.25) is 0 Å². The molecule has 2 saturated carbocycles. The summed E-state index contributed by atoms with van der Waals surface area (Å²) in [6, 6.07) is 33.9. The van der Waals surface area contributed by atoms with Crippen LogP contribution in [0.15, 0.2) is 91.0 Å². The molecule has 0 bridgehead atoms. The monoisotopic (exact) mass is 452 g/mol. The first-order chi connectivity index (χ1) is 16.4. The highest BCUT2D eigenvalue weighted by atomic mass is 31.1. The Bertz CT molecular complexity index is 950. The van der Waals surface area contributed by atoms with Gasteiger partial charge in [0.25, 0.3) is 0 Å². The lowest BCUT2D eigenvalue weighted by molar-refractivity contribution is 0.487. The molecule has 33 heavy (non-hydrogen) atoms.